The molecule has 0 saturated carbocycles. The predicted molar refractivity (Wildman–Crippen MR) is 160 cm³/mol. The zero-order chi connectivity index (χ0) is 27.3. The number of benzene rings is 3. The Bertz CT molecular complexity index is 1330. The van der Waals surface area contributed by atoms with Gasteiger partial charge in [-0.1, -0.05) is 90.8 Å². The Kier molecular flexibility index (Phi) is 11.0. The Balaban J connectivity index is 1.21. The lowest BCUT2D eigenvalue weighted by molar-refractivity contribution is -0.128. The second-order valence-corrected chi connectivity index (χ2v) is 10.3. The minimum Gasteiger partial charge on any atom is -0.494 e. The molecule has 4 aromatic rings. The molecule has 0 spiro atoms. The Labute approximate surface area is 239 Å². The van der Waals surface area contributed by atoms with Gasteiger partial charge >= 0.3 is 5.97 Å². The van der Waals surface area contributed by atoms with Gasteiger partial charge in [0.1, 0.15) is 17.2 Å². The van der Waals surface area contributed by atoms with Crippen LogP contribution in [0.15, 0.2) is 93.9 Å². The van der Waals surface area contributed by atoms with Gasteiger partial charge in [0.15, 0.2) is 5.76 Å². The van der Waals surface area contributed by atoms with Crippen molar-refractivity contribution in [1.82, 2.24) is 5.16 Å². The Morgan fingerprint density at radius 1 is 0.821 bits per heavy atom. The molecule has 0 fully saturated rings. The second-order valence-electron chi connectivity index (χ2n) is 9.40. The summed E-state index contributed by atoms with van der Waals surface area (Å²) in [6.07, 6.45) is 12.0. The highest BCUT2D eigenvalue weighted by atomic mass is 79.9. The molecule has 39 heavy (non-hydrogen) atoms. The standard InChI is InChI=1S/C33H34BrNO4/c1-2-3-4-5-6-7-8-23-37-29-18-9-25(10-19-29)11-22-33(36)38-30-20-14-27(15-21-30)32-24-31(35-39-32)26-12-16-28(34)17-13-26/h9-22,24H,2-8,23H2,1H3/b22-11+. The maximum atomic E-state index is 12.3. The highest BCUT2D eigenvalue weighted by molar-refractivity contribution is 9.10. The van der Waals surface area contributed by atoms with Crippen LogP contribution >= 0.6 is 15.9 Å². The van der Waals surface area contributed by atoms with Crippen molar-refractivity contribution in [2.45, 2.75) is 51.9 Å². The summed E-state index contributed by atoms with van der Waals surface area (Å²) in [5.41, 5.74) is 3.47. The zero-order valence-corrected chi connectivity index (χ0v) is 23.9. The number of carbonyl (C=O) groups is 1. The van der Waals surface area contributed by atoms with Crippen LogP contribution in [0, 0.1) is 0 Å². The van der Waals surface area contributed by atoms with Crippen molar-refractivity contribution >= 4 is 28.0 Å². The molecule has 5 nitrogen and oxygen atoms in total. The van der Waals surface area contributed by atoms with Crippen LogP contribution in [0.3, 0.4) is 0 Å². The van der Waals surface area contributed by atoms with Gasteiger partial charge in [-0.3, -0.25) is 0 Å². The number of halogens is 1. The van der Waals surface area contributed by atoms with Crippen molar-refractivity contribution in [3.05, 3.63) is 95.0 Å². The first-order valence-electron chi connectivity index (χ1n) is 13.6. The summed E-state index contributed by atoms with van der Waals surface area (Å²) in [6.45, 7) is 2.97. The molecular weight excluding hydrogens is 554 g/mol. The maximum absolute atomic E-state index is 12.3. The fourth-order valence-corrected chi connectivity index (χ4v) is 4.36. The summed E-state index contributed by atoms with van der Waals surface area (Å²) < 4.78 is 17.8. The monoisotopic (exact) mass is 587 g/mol. The first kappa shape index (κ1) is 28.4. The Morgan fingerprint density at radius 2 is 1.46 bits per heavy atom. The lowest BCUT2D eigenvalue weighted by Crippen LogP contribution is -2.03. The first-order chi connectivity index (χ1) is 19.1. The quantitative estimate of drug-likeness (QED) is 0.0636. The molecule has 0 aliphatic heterocycles. The molecule has 0 unspecified atom stereocenters. The molecule has 1 aromatic heterocycles. The molecule has 0 aliphatic carbocycles. The average Bonchev–Trinajstić information content (AvgIpc) is 3.45. The molecule has 0 aliphatic rings. The zero-order valence-electron chi connectivity index (χ0n) is 22.3. The van der Waals surface area contributed by atoms with Gasteiger partial charge in [-0.25, -0.2) is 4.79 Å². The molecule has 0 radical (unpaired) electrons. The van der Waals surface area contributed by atoms with E-state index in [0.29, 0.717) is 11.5 Å². The molecule has 3 aromatic carbocycles. The van der Waals surface area contributed by atoms with E-state index >= 15 is 0 Å². The third kappa shape index (κ3) is 9.25. The van der Waals surface area contributed by atoms with E-state index < -0.39 is 5.97 Å². The average molecular weight is 589 g/mol. The smallest absolute Gasteiger partial charge is 0.336 e. The van der Waals surface area contributed by atoms with Crippen molar-refractivity contribution in [3.63, 3.8) is 0 Å². The number of hydrogen-bond acceptors (Lipinski definition) is 5. The van der Waals surface area contributed by atoms with E-state index in [9.17, 15) is 4.79 Å². The molecule has 0 saturated heterocycles. The summed E-state index contributed by atoms with van der Waals surface area (Å²) in [5.74, 6) is 1.49. The number of unbranched alkanes of at least 4 members (excludes halogenated alkanes) is 6. The van der Waals surface area contributed by atoms with Gasteiger partial charge in [-0.2, -0.15) is 0 Å². The van der Waals surface area contributed by atoms with Gasteiger partial charge in [-0.15, -0.1) is 0 Å². The van der Waals surface area contributed by atoms with Gasteiger partial charge < -0.3 is 14.0 Å². The van der Waals surface area contributed by atoms with Gasteiger partial charge in [0.25, 0.3) is 0 Å². The molecule has 0 bridgehead atoms. The number of esters is 1. The van der Waals surface area contributed by atoms with Gasteiger partial charge in [0.2, 0.25) is 0 Å². The molecule has 0 N–H and O–H groups in total. The fraction of sp³-hybridized carbons (Fsp3) is 0.273. The summed E-state index contributed by atoms with van der Waals surface area (Å²) in [6, 6.07) is 24.6. The van der Waals surface area contributed by atoms with Crippen LogP contribution in [0.4, 0.5) is 0 Å². The Hall–Kier alpha value is -3.64. The second kappa shape index (κ2) is 15.1. The summed E-state index contributed by atoms with van der Waals surface area (Å²) >= 11 is 3.44. The van der Waals surface area contributed by atoms with Crippen LogP contribution in [0.25, 0.3) is 28.7 Å². The number of ether oxygens (including phenoxy) is 2. The summed E-state index contributed by atoms with van der Waals surface area (Å²) in [7, 11) is 0. The van der Waals surface area contributed by atoms with E-state index in [1.165, 1.54) is 44.6 Å². The number of carbonyl (C=O) groups excluding carboxylic acids is 1. The largest absolute Gasteiger partial charge is 0.494 e. The summed E-state index contributed by atoms with van der Waals surface area (Å²) in [4.78, 5) is 12.3. The van der Waals surface area contributed by atoms with Crippen molar-refractivity contribution in [2.24, 2.45) is 0 Å². The maximum Gasteiger partial charge on any atom is 0.336 e. The van der Waals surface area contributed by atoms with Crippen molar-refractivity contribution in [2.75, 3.05) is 6.61 Å². The van der Waals surface area contributed by atoms with Crippen molar-refractivity contribution < 1.29 is 18.8 Å². The van der Waals surface area contributed by atoms with E-state index in [4.69, 9.17) is 14.0 Å². The molecular formula is C33H34BrNO4. The lowest BCUT2D eigenvalue weighted by Gasteiger charge is -2.06. The van der Waals surface area contributed by atoms with Gasteiger partial charge in [-0.05, 0) is 66.6 Å². The topological polar surface area (TPSA) is 61.6 Å². The SMILES string of the molecule is CCCCCCCCCOc1ccc(/C=C/C(=O)Oc2ccc(-c3cc(-c4ccc(Br)cc4)no3)cc2)cc1. The highest BCUT2D eigenvalue weighted by Gasteiger charge is 2.09. The van der Waals surface area contributed by atoms with Crippen molar-refractivity contribution in [1.29, 1.82) is 0 Å². The Morgan fingerprint density at radius 3 is 2.18 bits per heavy atom. The molecule has 0 atom stereocenters. The molecule has 4 rings (SSSR count). The lowest BCUT2D eigenvalue weighted by atomic mass is 10.1. The molecule has 1 heterocycles. The summed E-state index contributed by atoms with van der Waals surface area (Å²) in [5, 5.41) is 4.16. The van der Waals surface area contributed by atoms with Crippen LogP contribution in [0.2, 0.25) is 0 Å². The number of rotatable bonds is 14. The molecule has 0 amide bonds. The van der Waals surface area contributed by atoms with Crippen LogP contribution in [0.1, 0.15) is 57.4 Å². The van der Waals surface area contributed by atoms with Crippen LogP contribution in [0.5, 0.6) is 11.5 Å². The predicted octanol–water partition coefficient (Wildman–Crippen LogP) is 9.52. The third-order valence-corrected chi connectivity index (χ3v) is 6.84. The molecule has 202 valence electrons. The van der Waals surface area contributed by atoms with E-state index in [1.54, 1.807) is 18.2 Å². The van der Waals surface area contributed by atoms with E-state index in [-0.39, 0.29) is 0 Å². The number of aromatic nitrogens is 1. The van der Waals surface area contributed by atoms with Crippen LogP contribution in [-0.2, 0) is 4.79 Å². The van der Waals surface area contributed by atoms with E-state index in [0.717, 1.165) is 45.6 Å². The van der Waals surface area contributed by atoms with Crippen LogP contribution in [-0.4, -0.2) is 17.7 Å². The third-order valence-electron chi connectivity index (χ3n) is 6.32. The normalized spacial score (nSPS) is 11.1. The van der Waals surface area contributed by atoms with Gasteiger partial charge in [0, 0.05) is 27.7 Å². The van der Waals surface area contributed by atoms with Crippen molar-refractivity contribution in [3.8, 4) is 34.1 Å². The molecule has 6 heteroatoms. The first-order valence-corrected chi connectivity index (χ1v) is 14.4. The van der Waals surface area contributed by atoms with Gasteiger partial charge in [0.05, 0.1) is 6.61 Å². The minimum atomic E-state index is -0.445. The number of nitrogens with zero attached hydrogens (tertiary/aromatic N) is 1. The van der Waals surface area contributed by atoms with E-state index in [1.807, 2.05) is 66.7 Å². The highest BCUT2D eigenvalue weighted by Crippen LogP contribution is 2.28. The fourth-order valence-electron chi connectivity index (χ4n) is 4.09. The minimum absolute atomic E-state index is 0.445. The van der Waals surface area contributed by atoms with E-state index in [2.05, 4.69) is 28.0 Å². The van der Waals surface area contributed by atoms with Crippen LogP contribution < -0.4 is 9.47 Å². The number of hydrogen-bond donors (Lipinski definition) is 0.